The van der Waals surface area contributed by atoms with Gasteiger partial charge in [0.1, 0.15) is 0 Å². The van der Waals surface area contributed by atoms with Crippen LogP contribution in [0.25, 0.3) is 10.9 Å². The maximum absolute atomic E-state index is 4.97. The van der Waals surface area contributed by atoms with Gasteiger partial charge in [-0.05, 0) is 68.7 Å². The van der Waals surface area contributed by atoms with Crippen LogP contribution in [-0.4, -0.2) is 11.0 Å². The number of nitrogens with one attached hydrogen (secondary N) is 1. The van der Waals surface area contributed by atoms with Crippen LogP contribution in [-0.2, 0) is 19.4 Å². The Hall–Kier alpha value is -1.41. The van der Waals surface area contributed by atoms with Crippen molar-refractivity contribution in [1.82, 2.24) is 10.3 Å². The molecule has 104 valence electrons. The number of pyridine rings is 1. The molecule has 2 heteroatoms. The Labute approximate surface area is 120 Å². The molecule has 20 heavy (non-hydrogen) atoms. The molecule has 1 N–H and O–H groups in total. The molecule has 0 radical (unpaired) electrons. The van der Waals surface area contributed by atoms with Crippen molar-refractivity contribution < 1.29 is 0 Å². The number of benzene rings is 1. The van der Waals surface area contributed by atoms with E-state index in [4.69, 9.17) is 4.98 Å². The molecule has 1 fully saturated rings. The van der Waals surface area contributed by atoms with Crippen molar-refractivity contribution in [1.29, 1.82) is 0 Å². The Kier molecular flexibility index (Phi) is 2.81. The summed E-state index contributed by atoms with van der Waals surface area (Å²) in [6, 6.07) is 5.35. The van der Waals surface area contributed by atoms with E-state index >= 15 is 0 Å². The Bertz CT molecular complexity index is 684. The van der Waals surface area contributed by atoms with Gasteiger partial charge in [0, 0.05) is 23.7 Å². The largest absolute Gasteiger partial charge is 0.310 e. The quantitative estimate of drug-likeness (QED) is 0.918. The maximum atomic E-state index is 4.97. The lowest BCUT2D eigenvalue weighted by atomic mass is 9.97. The lowest BCUT2D eigenvalue weighted by Gasteiger charge is -2.15. The van der Waals surface area contributed by atoms with Crippen molar-refractivity contribution in [2.24, 2.45) is 0 Å². The van der Waals surface area contributed by atoms with Gasteiger partial charge in [-0.2, -0.15) is 0 Å². The lowest BCUT2D eigenvalue weighted by Crippen LogP contribution is -2.17. The van der Waals surface area contributed by atoms with E-state index in [0.29, 0.717) is 0 Å². The highest BCUT2D eigenvalue weighted by Gasteiger charge is 2.24. The molecule has 1 saturated carbocycles. The molecule has 0 unspecified atom stereocenters. The standard InChI is InChI=1S/C18H22N2/c1-11-8-12(2)18-15(9-11)16(10-19-13-6-7-13)14-4-3-5-17(14)20-18/h8-9,13,19H,3-7,10H2,1-2H3. The Balaban J connectivity index is 1.91. The van der Waals surface area contributed by atoms with E-state index in [-0.39, 0.29) is 0 Å². The first-order valence-electron chi connectivity index (χ1n) is 7.87. The summed E-state index contributed by atoms with van der Waals surface area (Å²) in [7, 11) is 0. The monoisotopic (exact) mass is 266 g/mol. The zero-order valence-electron chi connectivity index (χ0n) is 12.4. The van der Waals surface area contributed by atoms with Gasteiger partial charge in [0.05, 0.1) is 5.52 Å². The van der Waals surface area contributed by atoms with Gasteiger partial charge in [-0.25, -0.2) is 0 Å². The third-order valence-electron chi connectivity index (χ3n) is 4.71. The van der Waals surface area contributed by atoms with Crippen LogP contribution in [0.2, 0.25) is 0 Å². The van der Waals surface area contributed by atoms with Crippen LogP contribution in [0.15, 0.2) is 12.1 Å². The predicted molar refractivity (Wildman–Crippen MR) is 83.1 cm³/mol. The van der Waals surface area contributed by atoms with Crippen LogP contribution >= 0.6 is 0 Å². The van der Waals surface area contributed by atoms with Gasteiger partial charge in [0.15, 0.2) is 0 Å². The van der Waals surface area contributed by atoms with Crippen LogP contribution in [0.1, 0.15) is 47.2 Å². The van der Waals surface area contributed by atoms with E-state index < -0.39 is 0 Å². The van der Waals surface area contributed by atoms with E-state index in [0.717, 1.165) is 19.0 Å². The second-order valence-electron chi connectivity index (χ2n) is 6.50. The van der Waals surface area contributed by atoms with Gasteiger partial charge in [0.25, 0.3) is 0 Å². The maximum Gasteiger partial charge on any atom is 0.0738 e. The molecular weight excluding hydrogens is 244 g/mol. The average molecular weight is 266 g/mol. The molecule has 1 aromatic carbocycles. The molecule has 0 atom stereocenters. The van der Waals surface area contributed by atoms with Crippen LogP contribution in [0.5, 0.6) is 0 Å². The SMILES string of the molecule is Cc1cc(C)c2nc3c(c(CNC4CC4)c2c1)CCC3. The van der Waals surface area contributed by atoms with Gasteiger partial charge in [0.2, 0.25) is 0 Å². The highest BCUT2D eigenvalue weighted by molar-refractivity contribution is 5.87. The Morgan fingerprint density at radius 2 is 2.05 bits per heavy atom. The van der Waals surface area contributed by atoms with Crippen molar-refractivity contribution in [3.63, 3.8) is 0 Å². The number of nitrogens with zero attached hydrogens (tertiary/aromatic N) is 1. The molecule has 1 heterocycles. The molecule has 0 spiro atoms. The van der Waals surface area contributed by atoms with Gasteiger partial charge in [-0.3, -0.25) is 4.98 Å². The fraction of sp³-hybridized carbons (Fsp3) is 0.500. The van der Waals surface area contributed by atoms with Gasteiger partial charge >= 0.3 is 0 Å². The third kappa shape index (κ3) is 2.03. The summed E-state index contributed by atoms with van der Waals surface area (Å²) < 4.78 is 0. The fourth-order valence-electron chi connectivity index (χ4n) is 3.55. The Morgan fingerprint density at radius 1 is 1.20 bits per heavy atom. The van der Waals surface area contributed by atoms with Crippen LogP contribution in [0.4, 0.5) is 0 Å². The molecule has 2 nitrogen and oxygen atoms in total. The molecule has 4 rings (SSSR count). The summed E-state index contributed by atoms with van der Waals surface area (Å²) in [4.78, 5) is 4.97. The van der Waals surface area contributed by atoms with Gasteiger partial charge in [-0.15, -0.1) is 0 Å². The average Bonchev–Trinajstić information content (AvgIpc) is 3.12. The minimum Gasteiger partial charge on any atom is -0.310 e. The zero-order valence-corrected chi connectivity index (χ0v) is 12.4. The summed E-state index contributed by atoms with van der Waals surface area (Å²) in [6.07, 6.45) is 6.35. The summed E-state index contributed by atoms with van der Waals surface area (Å²) in [5, 5.41) is 5.09. The molecule has 2 aliphatic rings. The van der Waals surface area contributed by atoms with E-state index in [2.05, 4.69) is 31.3 Å². The van der Waals surface area contributed by atoms with Crippen molar-refractivity contribution >= 4 is 10.9 Å². The number of aryl methyl sites for hydroxylation is 3. The summed E-state index contributed by atoms with van der Waals surface area (Å²) in [5.41, 5.74) is 8.32. The zero-order chi connectivity index (χ0) is 13.7. The van der Waals surface area contributed by atoms with Gasteiger partial charge in [-0.1, -0.05) is 11.6 Å². The molecule has 0 aliphatic heterocycles. The molecule has 2 aromatic rings. The van der Waals surface area contributed by atoms with Crippen molar-refractivity contribution in [2.45, 2.75) is 58.5 Å². The highest BCUT2D eigenvalue weighted by Crippen LogP contribution is 2.32. The van der Waals surface area contributed by atoms with Crippen molar-refractivity contribution in [3.8, 4) is 0 Å². The first kappa shape index (κ1) is 12.3. The van der Waals surface area contributed by atoms with E-state index in [1.807, 2.05) is 0 Å². The van der Waals surface area contributed by atoms with E-state index in [1.54, 1.807) is 0 Å². The molecule has 0 saturated heterocycles. The van der Waals surface area contributed by atoms with E-state index in [1.165, 1.54) is 64.5 Å². The molecule has 1 aromatic heterocycles. The second-order valence-corrected chi connectivity index (χ2v) is 6.50. The topological polar surface area (TPSA) is 24.9 Å². The molecule has 2 aliphatic carbocycles. The number of fused-ring (bicyclic) bond motifs is 2. The summed E-state index contributed by atoms with van der Waals surface area (Å²) >= 11 is 0. The van der Waals surface area contributed by atoms with Crippen LogP contribution in [0.3, 0.4) is 0 Å². The number of hydrogen-bond acceptors (Lipinski definition) is 2. The predicted octanol–water partition coefficient (Wildman–Crippen LogP) is 3.59. The normalized spacial score (nSPS) is 17.7. The smallest absolute Gasteiger partial charge is 0.0738 e. The van der Waals surface area contributed by atoms with Crippen molar-refractivity contribution in [2.75, 3.05) is 0 Å². The fourth-order valence-corrected chi connectivity index (χ4v) is 3.55. The van der Waals surface area contributed by atoms with Gasteiger partial charge < -0.3 is 5.32 Å². The lowest BCUT2D eigenvalue weighted by molar-refractivity contribution is 0.686. The minimum atomic E-state index is 0.765. The molecular formula is C18H22N2. The highest BCUT2D eigenvalue weighted by atomic mass is 14.9. The number of hydrogen-bond donors (Lipinski definition) is 1. The Morgan fingerprint density at radius 3 is 2.85 bits per heavy atom. The summed E-state index contributed by atoms with van der Waals surface area (Å²) in [6.45, 7) is 5.41. The second kappa shape index (κ2) is 4.56. The molecule has 0 amide bonds. The van der Waals surface area contributed by atoms with E-state index in [9.17, 15) is 0 Å². The number of rotatable bonds is 3. The third-order valence-corrected chi connectivity index (χ3v) is 4.71. The first-order valence-corrected chi connectivity index (χ1v) is 7.87. The van der Waals surface area contributed by atoms with Crippen LogP contribution in [0, 0.1) is 13.8 Å². The minimum absolute atomic E-state index is 0.765. The van der Waals surface area contributed by atoms with Crippen LogP contribution < -0.4 is 5.32 Å². The number of aromatic nitrogens is 1. The van der Waals surface area contributed by atoms with Crippen molar-refractivity contribution in [3.05, 3.63) is 40.1 Å². The molecule has 0 bridgehead atoms. The summed E-state index contributed by atoms with van der Waals surface area (Å²) in [5.74, 6) is 0. The first-order chi connectivity index (χ1) is 9.72.